The van der Waals surface area contributed by atoms with Crippen molar-refractivity contribution in [1.29, 1.82) is 0 Å². The number of hydrogen-bond donors (Lipinski definition) is 2. The summed E-state index contributed by atoms with van der Waals surface area (Å²) in [6, 6.07) is 0. The smallest absolute Gasteiger partial charge is 0.408 e. The molecule has 0 aromatic rings. The quantitative estimate of drug-likeness (QED) is 0.759. The molecule has 0 saturated carbocycles. The number of aliphatic hydroxyl groups is 1. The second-order valence-electron chi connectivity index (χ2n) is 5.01. The molecule has 0 saturated heterocycles. The lowest BCUT2D eigenvalue weighted by Crippen LogP contribution is -2.40. The highest BCUT2D eigenvalue weighted by Gasteiger charge is 2.21. The van der Waals surface area contributed by atoms with E-state index in [0.717, 1.165) is 0 Å². The fourth-order valence-electron chi connectivity index (χ4n) is 0.950. The number of nitrogens with one attached hydrogen (secondary N) is 1. The van der Waals surface area contributed by atoms with E-state index in [0.29, 0.717) is 0 Å². The molecule has 0 aromatic heterocycles. The van der Waals surface area contributed by atoms with Crippen molar-refractivity contribution >= 4 is 11.9 Å². The Kier molecular flexibility index (Phi) is 5.44. The SMILES string of the molecule is CC(C)C(O)C(=O)CNC(=O)OC(C)(C)C. The summed E-state index contributed by atoms with van der Waals surface area (Å²) in [5.41, 5.74) is -0.593. The van der Waals surface area contributed by atoms with Crippen LogP contribution in [0.5, 0.6) is 0 Å². The van der Waals surface area contributed by atoms with Gasteiger partial charge in [-0.05, 0) is 26.7 Å². The summed E-state index contributed by atoms with van der Waals surface area (Å²) in [4.78, 5) is 22.5. The van der Waals surface area contributed by atoms with E-state index in [9.17, 15) is 14.7 Å². The van der Waals surface area contributed by atoms with E-state index in [-0.39, 0.29) is 12.5 Å². The number of aliphatic hydroxyl groups excluding tert-OH is 1. The highest BCUT2D eigenvalue weighted by molar-refractivity contribution is 5.87. The molecular weight excluding hydrogens is 210 g/mol. The van der Waals surface area contributed by atoms with Crippen LogP contribution in [0.15, 0.2) is 0 Å². The lowest BCUT2D eigenvalue weighted by Gasteiger charge is -2.20. The number of carbonyl (C=O) groups excluding carboxylic acids is 2. The topological polar surface area (TPSA) is 75.6 Å². The molecule has 0 aromatic carbocycles. The van der Waals surface area contributed by atoms with Gasteiger partial charge in [-0.3, -0.25) is 4.79 Å². The standard InChI is InChI=1S/C11H21NO4/c1-7(2)9(14)8(13)6-12-10(15)16-11(3,4)5/h7,9,14H,6H2,1-5H3,(H,12,15). The van der Waals surface area contributed by atoms with Crippen molar-refractivity contribution < 1.29 is 19.4 Å². The maximum Gasteiger partial charge on any atom is 0.408 e. The summed E-state index contributed by atoms with van der Waals surface area (Å²) in [5.74, 6) is -0.575. The van der Waals surface area contributed by atoms with Crippen molar-refractivity contribution in [2.75, 3.05) is 6.54 Å². The van der Waals surface area contributed by atoms with E-state index in [1.54, 1.807) is 34.6 Å². The molecule has 0 fully saturated rings. The predicted molar refractivity (Wildman–Crippen MR) is 60.1 cm³/mol. The van der Waals surface area contributed by atoms with Gasteiger partial charge in [0.15, 0.2) is 5.78 Å². The van der Waals surface area contributed by atoms with E-state index in [4.69, 9.17) is 4.74 Å². The Labute approximate surface area is 96.2 Å². The molecule has 0 rings (SSSR count). The van der Waals surface area contributed by atoms with Crippen LogP contribution in [0.4, 0.5) is 4.79 Å². The summed E-state index contributed by atoms with van der Waals surface area (Å²) >= 11 is 0. The van der Waals surface area contributed by atoms with Crippen LogP contribution < -0.4 is 5.32 Å². The number of hydrogen-bond acceptors (Lipinski definition) is 4. The molecule has 16 heavy (non-hydrogen) atoms. The zero-order chi connectivity index (χ0) is 12.9. The van der Waals surface area contributed by atoms with E-state index in [2.05, 4.69) is 5.32 Å². The minimum absolute atomic E-state index is 0.159. The van der Waals surface area contributed by atoms with Gasteiger partial charge in [0.25, 0.3) is 0 Å². The zero-order valence-corrected chi connectivity index (χ0v) is 10.5. The molecule has 0 aliphatic heterocycles. The largest absolute Gasteiger partial charge is 0.444 e. The highest BCUT2D eigenvalue weighted by Crippen LogP contribution is 2.06. The number of ketones is 1. The Hall–Kier alpha value is -1.10. The van der Waals surface area contributed by atoms with Gasteiger partial charge in [-0.15, -0.1) is 0 Å². The molecule has 1 atom stereocenters. The molecule has 2 N–H and O–H groups in total. The molecule has 94 valence electrons. The Morgan fingerprint density at radius 2 is 1.81 bits per heavy atom. The van der Waals surface area contributed by atoms with E-state index in [1.165, 1.54) is 0 Å². The van der Waals surface area contributed by atoms with Crippen molar-refractivity contribution in [3.05, 3.63) is 0 Å². The van der Waals surface area contributed by atoms with Crippen molar-refractivity contribution in [1.82, 2.24) is 5.32 Å². The molecule has 5 nitrogen and oxygen atoms in total. The Balaban J connectivity index is 3.98. The Morgan fingerprint density at radius 3 is 2.19 bits per heavy atom. The van der Waals surface area contributed by atoms with Crippen LogP contribution >= 0.6 is 0 Å². The molecule has 0 bridgehead atoms. The first-order valence-electron chi connectivity index (χ1n) is 5.31. The molecule has 0 aliphatic rings. The second kappa shape index (κ2) is 5.84. The number of alkyl carbamates (subject to hydrolysis) is 1. The van der Waals surface area contributed by atoms with Crippen LogP contribution in [-0.2, 0) is 9.53 Å². The summed E-state index contributed by atoms with van der Waals surface area (Å²) in [7, 11) is 0. The first-order chi connectivity index (χ1) is 7.13. The molecule has 0 heterocycles. The monoisotopic (exact) mass is 231 g/mol. The van der Waals surface area contributed by atoms with Crippen LogP contribution in [0, 0.1) is 5.92 Å². The summed E-state index contributed by atoms with van der Waals surface area (Å²) in [6.07, 6.45) is -1.70. The van der Waals surface area contributed by atoms with Gasteiger partial charge in [0.2, 0.25) is 0 Å². The van der Waals surface area contributed by atoms with Gasteiger partial charge in [0, 0.05) is 0 Å². The average Bonchev–Trinajstić information content (AvgIpc) is 2.09. The Morgan fingerprint density at radius 1 is 1.31 bits per heavy atom. The number of amides is 1. The summed E-state index contributed by atoms with van der Waals surface area (Å²) in [5, 5.41) is 11.7. The molecule has 0 aliphatic carbocycles. The first-order valence-corrected chi connectivity index (χ1v) is 5.31. The van der Waals surface area contributed by atoms with Gasteiger partial charge in [0.1, 0.15) is 11.7 Å². The maximum absolute atomic E-state index is 11.3. The molecule has 1 unspecified atom stereocenters. The van der Waals surface area contributed by atoms with Crippen molar-refractivity contribution in [3.8, 4) is 0 Å². The minimum atomic E-state index is -1.05. The lowest BCUT2D eigenvalue weighted by molar-refractivity contribution is -0.128. The fraction of sp³-hybridized carbons (Fsp3) is 0.818. The first kappa shape index (κ1) is 14.9. The third-order valence-electron chi connectivity index (χ3n) is 1.77. The van der Waals surface area contributed by atoms with Crippen LogP contribution in [0.3, 0.4) is 0 Å². The van der Waals surface area contributed by atoms with Crippen LogP contribution in [0.1, 0.15) is 34.6 Å². The maximum atomic E-state index is 11.3. The van der Waals surface area contributed by atoms with E-state index < -0.39 is 23.6 Å². The minimum Gasteiger partial charge on any atom is -0.444 e. The highest BCUT2D eigenvalue weighted by atomic mass is 16.6. The van der Waals surface area contributed by atoms with Gasteiger partial charge < -0.3 is 15.2 Å². The second-order valence-corrected chi connectivity index (χ2v) is 5.01. The zero-order valence-electron chi connectivity index (χ0n) is 10.5. The van der Waals surface area contributed by atoms with Gasteiger partial charge >= 0.3 is 6.09 Å². The average molecular weight is 231 g/mol. The molecule has 5 heteroatoms. The number of Topliss-reactive ketones (excluding diaryl/α,β-unsaturated/α-hetero) is 1. The predicted octanol–water partition coefficient (Wildman–Crippen LogP) is 1.10. The number of ether oxygens (including phenoxy) is 1. The van der Waals surface area contributed by atoms with E-state index in [1.807, 2.05) is 0 Å². The van der Waals surface area contributed by atoms with Crippen molar-refractivity contribution in [2.24, 2.45) is 5.92 Å². The van der Waals surface area contributed by atoms with Crippen molar-refractivity contribution in [2.45, 2.75) is 46.3 Å². The van der Waals surface area contributed by atoms with Gasteiger partial charge in [0.05, 0.1) is 6.54 Å². The third-order valence-corrected chi connectivity index (χ3v) is 1.77. The van der Waals surface area contributed by atoms with E-state index >= 15 is 0 Å². The molecule has 0 spiro atoms. The molecule has 0 radical (unpaired) electrons. The summed E-state index contributed by atoms with van der Waals surface area (Å²) < 4.78 is 4.94. The number of carbonyl (C=O) groups is 2. The Bertz CT molecular complexity index is 255. The van der Waals surface area contributed by atoms with Crippen molar-refractivity contribution in [3.63, 3.8) is 0 Å². The van der Waals surface area contributed by atoms with Crippen LogP contribution in [0.2, 0.25) is 0 Å². The van der Waals surface area contributed by atoms with Crippen LogP contribution in [0.25, 0.3) is 0 Å². The normalized spacial score (nSPS) is 13.4. The lowest BCUT2D eigenvalue weighted by atomic mass is 10.0. The van der Waals surface area contributed by atoms with Crippen LogP contribution in [-0.4, -0.2) is 35.2 Å². The van der Waals surface area contributed by atoms with Gasteiger partial charge in [-0.1, -0.05) is 13.8 Å². The molecule has 1 amide bonds. The van der Waals surface area contributed by atoms with Gasteiger partial charge in [-0.2, -0.15) is 0 Å². The molecular formula is C11H21NO4. The number of rotatable bonds is 4. The van der Waals surface area contributed by atoms with Gasteiger partial charge in [-0.25, -0.2) is 4.79 Å². The fourth-order valence-corrected chi connectivity index (χ4v) is 0.950. The third kappa shape index (κ3) is 6.40. The summed E-state index contributed by atoms with van der Waals surface area (Å²) in [6.45, 7) is 8.45.